The van der Waals surface area contributed by atoms with E-state index in [0.717, 1.165) is 17.0 Å². The molecule has 1 aromatic rings. The van der Waals surface area contributed by atoms with Crippen molar-refractivity contribution in [1.29, 1.82) is 0 Å². The second-order valence-corrected chi connectivity index (χ2v) is 2.95. The van der Waals surface area contributed by atoms with Gasteiger partial charge >= 0.3 is 0 Å². The molecule has 0 spiro atoms. The van der Waals surface area contributed by atoms with Crippen molar-refractivity contribution in [2.24, 2.45) is 0 Å². The van der Waals surface area contributed by atoms with Gasteiger partial charge in [-0.1, -0.05) is 18.2 Å². The molecule has 0 radical (unpaired) electrons. The minimum atomic E-state index is 0.493. The van der Waals surface area contributed by atoms with Gasteiger partial charge in [0.05, 0.1) is 11.4 Å². The Morgan fingerprint density at radius 3 is 2.75 bits per heavy atom. The topological polar surface area (TPSA) is 24.9 Å². The summed E-state index contributed by atoms with van der Waals surface area (Å²) in [5, 5.41) is 3.51. The van der Waals surface area contributed by atoms with Crippen LogP contribution in [0.15, 0.2) is 18.7 Å². The molecule has 0 unspecified atom stereocenters. The first kappa shape index (κ1) is 9.07. The Labute approximate surface area is 77.3 Å². The lowest BCUT2D eigenvalue weighted by Crippen LogP contribution is -1.96. The number of halogens is 1. The Kier molecular flexibility index (Phi) is 2.71. The molecule has 1 heterocycles. The lowest BCUT2D eigenvalue weighted by atomic mass is 10.2. The number of anilines is 1. The van der Waals surface area contributed by atoms with Crippen molar-refractivity contribution in [1.82, 2.24) is 4.98 Å². The Balaban J connectivity index is 3.21. The second kappa shape index (κ2) is 3.59. The average molecular weight is 183 g/mol. The molecule has 1 N–H and O–H groups in total. The maximum Gasteiger partial charge on any atom is 0.129 e. The van der Waals surface area contributed by atoms with Crippen molar-refractivity contribution in [3.05, 3.63) is 29.6 Å². The fourth-order valence-electron chi connectivity index (χ4n) is 0.962. The van der Waals surface area contributed by atoms with Crippen LogP contribution >= 0.6 is 11.6 Å². The first-order chi connectivity index (χ1) is 5.65. The largest absolute Gasteiger partial charge is 0.386 e. The highest BCUT2D eigenvalue weighted by Gasteiger charge is 2.03. The van der Waals surface area contributed by atoms with E-state index in [4.69, 9.17) is 11.6 Å². The highest BCUT2D eigenvalue weighted by Crippen LogP contribution is 2.21. The summed E-state index contributed by atoms with van der Waals surface area (Å²) in [6, 6.07) is 3.64. The molecular weight excluding hydrogens is 172 g/mol. The molecule has 0 atom stereocenters. The van der Waals surface area contributed by atoms with E-state index < -0.39 is 0 Å². The summed E-state index contributed by atoms with van der Waals surface area (Å²) in [4.78, 5) is 4.15. The first-order valence-corrected chi connectivity index (χ1v) is 4.03. The van der Waals surface area contributed by atoms with Crippen molar-refractivity contribution < 1.29 is 0 Å². The van der Waals surface area contributed by atoms with Crippen LogP contribution in [0.2, 0.25) is 5.15 Å². The summed E-state index contributed by atoms with van der Waals surface area (Å²) < 4.78 is 0. The first-order valence-electron chi connectivity index (χ1n) is 3.65. The number of hydrogen-bond acceptors (Lipinski definition) is 2. The Morgan fingerprint density at radius 2 is 2.25 bits per heavy atom. The molecule has 3 heteroatoms. The smallest absolute Gasteiger partial charge is 0.129 e. The maximum atomic E-state index is 5.74. The van der Waals surface area contributed by atoms with Crippen LogP contribution in [0.3, 0.4) is 0 Å². The quantitative estimate of drug-likeness (QED) is 0.712. The monoisotopic (exact) mass is 182 g/mol. The Hall–Kier alpha value is -1.02. The van der Waals surface area contributed by atoms with E-state index in [0.29, 0.717) is 5.15 Å². The maximum absolute atomic E-state index is 5.74. The van der Waals surface area contributed by atoms with E-state index in [1.54, 1.807) is 6.07 Å². The minimum absolute atomic E-state index is 0.493. The molecule has 0 aliphatic heterocycles. The number of pyridine rings is 1. The molecule has 1 aromatic heterocycles. The molecule has 0 fully saturated rings. The lowest BCUT2D eigenvalue weighted by molar-refractivity contribution is 1.26. The molecule has 0 aromatic carbocycles. The number of nitrogens with one attached hydrogen (secondary N) is 1. The van der Waals surface area contributed by atoms with Crippen LogP contribution in [0.5, 0.6) is 0 Å². The van der Waals surface area contributed by atoms with Crippen molar-refractivity contribution in [3.8, 4) is 0 Å². The molecule has 1 rings (SSSR count). The molecule has 0 saturated heterocycles. The average Bonchev–Trinajstić information content (AvgIpc) is 2.04. The summed E-state index contributed by atoms with van der Waals surface area (Å²) in [5.41, 5.74) is 2.68. The third-order valence-corrected chi connectivity index (χ3v) is 1.75. The minimum Gasteiger partial charge on any atom is -0.386 e. The predicted molar refractivity (Wildman–Crippen MR) is 53.5 cm³/mol. The van der Waals surface area contributed by atoms with Crippen LogP contribution in [0.25, 0.3) is 5.57 Å². The van der Waals surface area contributed by atoms with E-state index in [-0.39, 0.29) is 0 Å². The number of hydrogen-bond donors (Lipinski definition) is 1. The van der Waals surface area contributed by atoms with Gasteiger partial charge in [-0.15, -0.1) is 0 Å². The molecule has 12 heavy (non-hydrogen) atoms. The zero-order valence-corrected chi connectivity index (χ0v) is 7.94. The fourth-order valence-corrected chi connectivity index (χ4v) is 1.11. The van der Waals surface area contributed by atoms with Crippen LogP contribution in [0.4, 0.5) is 5.69 Å². The van der Waals surface area contributed by atoms with Crippen LogP contribution in [0, 0.1) is 0 Å². The standard InChI is InChI=1S/C9H11ClN2/c1-6(2)9-7(11-3)4-5-8(10)12-9/h4-5,11H,1H2,2-3H3. The number of nitrogens with zero attached hydrogens (tertiary/aromatic N) is 1. The van der Waals surface area contributed by atoms with Gasteiger partial charge in [0.15, 0.2) is 0 Å². The normalized spacial score (nSPS) is 9.58. The summed E-state index contributed by atoms with van der Waals surface area (Å²) in [7, 11) is 1.84. The second-order valence-electron chi connectivity index (χ2n) is 2.56. The third kappa shape index (κ3) is 1.77. The number of aromatic nitrogens is 1. The van der Waals surface area contributed by atoms with Gasteiger partial charge in [-0.2, -0.15) is 0 Å². The van der Waals surface area contributed by atoms with Crippen LogP contribution in [-0.2, 0) is 0 Å². The van der Waals surface area contributed by atoms with Crippen molar-refractivity contribution >= 4 is 22.9 Å². The molecular formula is C9H11ClN2. The van der Waals surface area contributed by atoms with Crippen molar-refractivity contribution in [2.75, 3.05) is 12.4 Å². The van der Waals surface area contributed by atoms with Gasteiger partial charge in [0.25, 0.3) is 0 Å². The third-order valence-electron chi connectivity index (χ3n) is 1.53. The van der Waals surface area contributed by atoms with E-state index in [1.807, 2.05) is 20.0 Å². The van der Waals surface area contributed by atoms with Gasteiger partial charge in [0.2, 0.25) is 0 Å². The molecule has 64 valence electrons. The van der Waals surface area contributed by atoms with Gasteiger partial charge in [0, 0.05) is 7.05 Å². The van der Waals surface area contributed by atoms with Gasteiger partial charge in [-0.3, -0.25) is 0 Å². The molecule has 0 saturated carbocycles. The summed E-state index contributed by atoms with van der Waals surface area (Å²) in [6.45, 7) is 5.72. The van der Waals surface area contributed by atoms with E-state index in [2.05, 4.69) is 16.9 Å². The van der Waals surface area contributed by atoms with Crippen molar-refractivity contribution in [2.45, 2.75) is 6.92 Å². The van der Waals surface area contributed by atoms with Crippen LogP contribution in [-0.4, -0.2) is 12.0 Å². The van der Waals surface area contributed by atoms with E-state index in [9.17, 15) is 0 Å². The molecule has 0 amide bonds. The Morgan fingerprint density at radius 1 is 1.58 bits per heavy atom. The fraction of sp³-hybridized carbons (Fsp3) is 0.222. The van der Waals surface area contributed by atoms with Gasteiger partial charge in [-0.25, -0.2) is 4.98 Å². The SMILES string of the molecule is C=C(C)c1nc(Cl)ccc1NC. The van der Waals surface area contributed by atoms with Gasteiger partial charge in [0.1, 0.15) is 5.15 Å². The van der Waals surface area contributed by atoms with Gasteiger partial charge < -0.3 is 5.32 Å². The summed E-state index contributed by atoms with van der Waals surface area (Å²) in [5.74, 6) is 0. The Bertz CT molecular complexity index is 307. The van der Waals surface area contributed by atoms with E-state index in [1.165, 1.54) is 0 Å². The summed E-state index contributed by atoms with van der Waals surface area (Å²) >= 11 is 5.74. The van der Waals surface area contributed by atoms with Crippen LogP contribution in [0.1, 0.15) is 12.6 Å². The zero-order valence-electron chi connectivity index (χ0n) is 7.19. The lowest BCUT2D eigenvalue weighted by Gasteiger charge is -2.07. The zero-order chi connectivity index (χ0) is 9.14. The highest BCUT2D eigenvalue weighted by atomic mass is 35.5. The molecule has 0 aliphatic rings. The van der Waals surface area contributed by atoms with Crippen molar-refractivity contribution in [3.63, 3.8) is 0 Å². The van der Waals surface area contributed by atoms with Crippen LogP contribution < -0.4 is 5.32 Å². The highest BCUT2D eigenvalue weighted by molar-refractivity contribution is 6.29. The summed E-state index contributed by atoms with van der Waals surface area (Å²) in [6.07, 6.45) is 0. The predicted octanol–water partition coefficient (Wildman–Crippen LogP) is 2.81. The molecule has 2 nitrogen and oxygen atoms in total. The molecule has 0 bridgehead atoms. The van der Waals surface area contributed by atoms with E-state index >= 15 is 0 Å². The van der Waals surface area contributed by atoms with Gasteiger partial charge in [-0.05, 0) is 24.6 Å². The number of rotatable bonds is 2. The molecule has 0 aliphatic carbocycles. The number of allylic oxidation sites excluding steroid dienone is 1.